The normalized spacial score (nSPS) is 20.0. The molecule has 1 heterocycles. The lowest BCUT2D eigenvalue weighted by Gasteiger charge is -2.32. The van der Waals surface area contributed by atoms with E-state index in [-0.39, 0.29) is 30.7 Å². The summed E-state index contributed by atoms with van der Waals surface area (Å²) in [4.78, 5) is 13.9. The average Bonchev–Trinajstić information content (AvgIpc) is 2.26. The van der Waals surface area contributed by atoms with Gasteiger partial charge in [0.1, 0.15) is 0 Å². The Hall–Kier alpha value is -0.0300. The van der Waals surface area contributed by atoms with E-state index in [1.54, 1.807) is 0 Å². The number of hydrogen-bond acceptors (Lipinski definition) is 3. The molecule has 0 radical (unpaired) electrons. The smallest absolute Gasteiger partial charge is 0.221 e. The molecule has 1 unspecified atom stereocenters. The summed E-state index contributed by atoms with van der Waals surface area (Å²) in [6, 6.07) is 0.364. The van der Waals surface area contributed by atoms with Crippen molar-refractivity contribution in [3.05, 3.63) is 0 Å². The zero-order chi connectivity index (χ0) is 11.1. The minimum atomic E-state index is 0. The fourth-order valence-electron chi connectivity index (χ4n) is 2.00. The molecule has 0 spiro atoms. The van der Waals surface area contributed by atoms with Gasteiger partial charge in [0.25, 0.3) is 0 Å². The van der Waals surface area contributed by atoms with Crippen LogP contribution in [0.5, 0.6) is 0 Å². The topological polar surface area (TPSA) is 44.4 Å². The van der Waals surface area contributed by atoms with Crippen molar-refractivity contribution in [2.24, 2.45) is 0 Å². The van der Waals surface area contributed by atoms with Crippen molar-refractivity contribution in [2.45, 2.75) is 32.2 Å². The second-order valence-electron chi connectivity index (χ2n) is 4.15. The average molecular weight is 286 g/mol. The summed E-state index contributed by atoms with van der Waals surface area (Å²) in [5, 5.41) is 6.08. The van der Waals surface area contributed by atoms with Crippen molar-refractivity contribution in [3.8, 4) is 0 Å². The van der Waals surface area contributed by atoms with Gasteiger partial charge in [0.15, 0.2) is 0 Å². The number of nitrogens with zero attached hydrogens (tertiary/aromatic N) is 1. The molecule has 17 heavy (non-hydrogen) atoms. The van der Waals surface area contributed by atoms with Crippen LogP contribution in [0.15, 0.2) is 0 Å². The van der Waals surface area contributed by atoms with Gasteiger partial charge in [-0.05, 0) is 33.0 Å². The first-order chi connectivity index (χ1) is 7.26. The van der Waals surface area contributed by atoms with Crippen LogP contribution in [0.25, 0.3) is 0 Å². The molecule has 0 aliphatic carbocycles. The van der Waals surface area contributed by atoms with Crippen LogP contribution in [0, 0.1) is 0 Å². The Labute approximate surface area is 117 Å². The molecule has 0 aromatic rings. The standard InChI is InChI=1S/C11H23N3O.2ClH/c1-3-14-8-4-5-10(9-14)13-11(15)6-7-12-2;;/h10,12H,3-9H2,1-2H3,(H,13,15);2*1H. The third-order valence-corrected chi connectivity index (χ3v) is 2.92. The van der Waals surface area contributed by atoms with Crippen molar-refractivity contribution in [3.63, 3.8) is 0 Å². The number of amides is 1. The van der Waals surface area contributed by atoms with Crippen molar-refractivity contribution in [2.75, 3.05) is 33.2 Å². The summed E-state index contributed by atoms with van der Waals surface area (Å²) < 4.78 is 0. The van der Waals surface area contributed by atoms with E-state index < -0.39 is 0 Å². The SMILES string of the molecule is CCN1CCCC(NC(=O)CCNC)C1.Cl.Cl. The van der Waals surface area contributed by atoms with Crippen LogP contribution in [0.4, 0.5) is 0 Å². The van der Waals surface area contributed by atoms with E-state index in [1.807, 2.05) is 7.05 Å². The highest BCUT2D eigenvalue weighted by Gasteiger charge is 2.19. The number of nitrogens with one attached hydrogen (secondary N) is 2. The summed E-state index contributed by atoms with van der Waals surface area (Å²) in [6.07, 6.45) is 2.91. The molecule has 1 fully saturated rings. The molecule has 1 saturated heterocycles. The summed E-state index contributed by atoms with van der Waals surface area (Å²) in [5.74, 6) is 0.173. The minimum absolute atomic E-state index is 0. The molecule has 1 atom stereocenters. The van der Waals surface area contributed by atoms with Gasteiger partial charge >= 0.3 is 0 Å². The molecule has 1 amide bonds. The Kier molecular flexibility index (Phi) is 12.6. The number of halogens is 2. The quantitative estimate of drug-likeness (QED) is 0.794. The van der Waals surface area contributed by atoms with Crippen molar-refractivity contribution in [1.29, 1.82) is 0 Å². The summed E-state index contributed by atoms with van der Waals surface area (Å²) in [7, 11) is 1.87. The predicted molar refractivity (Wildman–Crippen MR) is 76.3 cm³/mol. The molecule has 104 valence electrons. The Morgan fingerprint density at radius 2 is 2.12 bits per heavy atom. The number of carbonyl (C=O) groups excluding carboxylic acids is 1. The molecule has 0 bridgehead atoms. The molecule has 2 N–H and O–H groups in total. The van der Waals surface area contributed by atoms with Crippen LogP contribution >= 0.6 is 24.8 Å². The molecule has 4 nitrogen and oxygen atoms in total. The number of likely N-dealkylation sites (N-methyl/N-ethyl adjacent to an activating group) is 1. The third-order valence-electron chi connectivity index (χ3n) is 2.92. The monoisotopic (exact) mass is 285 g/mol. The first kappa shape index (κ1) is 19.3. The molecule has 6 heteroatoms. The van der Waals surface area contributed by atoms with Gasteiger partial charge < -0.3 is 15.5 Å². The molecular weight excluding hydrogens is 261 g/mol. The van der Waals surface area contributed by atoms with Crippen molar-refractivity contribution >= 4 is 30.7 Å². The van der Waals surface area contributed by atoms with E-state index in [0.29, 0.717) is 12.5 Å². The fourth-order valence-corrected chi connectivity index (χ4v) is 2.00. The number of carbonyl (C=O) groups is 1. The van der Waals surface area contributed by atoms with Crippen LogP contribution < -0.4 is 10.6 Å². The molecule has 0 saturated carbocycles. The van der Waals surface area contributed by atoms with Crippen LogP contribution in [0.3, 0.4) is 0 Å². The molecule has 0 aromatic carbocycles. The molecular formula is C11H25Cl2N3O. The number of rotatable bonds is 5. The summed E-state index contributed by atoms with van der Waals surface area (Å²) in [5.41, 5.74) is 0. The van der Waals surface area contributed by atoms with Gasteiger partial charge in [-0.2, -0.15) is 0 Å². The van der Waals surface area contributed by atoms with Crippen LogP contribution in [-0.2, 0) is 4.79 Å². The van der Waals surface area contributed by atoms with Gasteiger partial charge in [-0.1, -0.05) is 6.92 Å². The highest BCUT2D eigenvalue weighted by molar-refractivity contribution is 5.85. The van der Waals surface area contributed by atoms with Crippen molar-refractivity contribution in [1.82, 2.24) is 15.5 Å². The van der Waals surface area contributed by atoms with Crippen LogP contribution in [-0.4, -0.2) is 50.1 Å². The number of likely N-dealkylation sites (tertiary alicyclic amines) is 1. The van der Waals surface area contributed by atoms with E-state index >= 15 is 0 Å². The maximum Gasteiger partial charge on any atom is 0.221 e. The lowest BCUT2D eigenvalue weighted by Crippen LogP contribution is -2.47. The van der Waals surface area contributed by atoms with Gasteiger partial charge in [-0.25, -0.2) is 0 Å². The highest BCUT2D eigenvalue weighted by Crippen LogP contribution is 2.09. The Bertz CT molecular complexity index is 205. The zero-order valence-corrected chi connectivity index (χ0v) is 12.3. The van der Waals surface area contributed by atoms with E-state index in [1.165, 1.54) is 13.0 Å². The Morgan fingerprint density at radius 3 is 2.71 bits per heavy atom. The van der Waals surface area contributed by atoms with Gasteiger partial charge in [0.05, 0.1) is 0 Å². The van der Waals surface area contributed by atoms with E-state index in [0.717, 1.165) is 26.1 Å². The van der Waals surface area contributed by atoms with Crippen molar-refractivity contribution < 1.29 is 4.79 Å². The second kappa shape index (κ2) is 11.1. The maximum absolute atomic E-state index is 11.5. The third kappa shape index (κ3) is 7.82. The number of piperidine rings is 1. The Balaban J connectivity index is 0. The van der Waals surface area contributed by atoms with Crippen LogP contribution in [0.1, 0.15) is 26.2 Å². The van der Waals surface area contributed by atoms with E-state index in [9.17, 15) is 4.79 Å². The van der Waals surface area contributed by atoms with Gasteiger partial charge in [-0.15, -0.1) is 24.8 Å². The van der Waals surface area contributed by atoms with Gasteiger partial charge in [0, 0.05) is 25.6 Å². The molecule has 1 aliphatic heterocycles. The Morgan fingerprint density at radius 1 is 1.41 bits per heavy atom. The van der Waals surface area contributed by atoms with E-state index in [4.69, 9.17) is 0 Å². The second-order valence-corrected chi connectivity index (χ2v) is 4.15. The predicted octanol–water partition coefficient (Wildman–Crippen LogP) is 1.04. The molecule has 1 aliphatic rings. The van der Waals surface area contributed by atoms with Gasteiger partial charge in [-0.3, -0.25) is 4.79 Å². The number of hydrogen-bond donors (Lipinski definition) is 2. The zero-order valence-electron chi connectivity index (χ0n) is 10.7. The summed E-state index contributed by atoms with van der Waals surface area (Å²) >= 11 is 0. The summed E-state index contributed by atoms with van der Waals surface area (Å²) in [6.45, 7) is 6.21. The largest absolute Gasteiger partial charge is 0.352 e. The van der Waals surface area contributed by atoms with Crippen LogP contribution in [0.2, 0.25) is 0 Å². The van der Waals surface area contributed by atoms with Gasteiger partial charge in [0.2, 0.25) is 5.91 Å². The van der Waals surface area contributed by atoms with E-state index in [2.05, 4.69) is 22.5 Å². The lowest BCUT2D eigenvalue weighted by molar-refractivity contribution is -0.122. The lowest BCUT2D eigenvalue weighted by atomic mass is 10.1. The molecule has 1 rings (SSSR count). The maximum atomic E-state index is 11.5. The fraction of sp³-hybridized carbons (Fsp3) is 0.909. The first-order valence-corrected chi connectivity index (χ1v) is 5.92. The first-order valence-electron chi connectivity index (χ1n) is 5.92. The minimum Gasteiger partial charge on any atom is -0.352 e. The molecule has 0 aromatic heterocycles. The highest BCUT2D eigenvalue weighted by atomic mass is 35.5.